The molecular weight excluding hydrogens is 303 g/mol. The van der Waals surface area contributed by atoms with Crippen molar-refractivity contribution in [2.75, 3.05) is 6.54 Å². The predicted molar refractivity (Wildman–Crippen MR) is 71.0 cm³/mol. The van der Waals surface area contributed by atoms with Crippen molar-refractivity contribution < 1.29 is 38.5 Å². The molecule has 2 amide bonds. The fourth-order valence-corrected chi connectivity index (χ4v) is 1.24. The maximum Gasteiger partial charge on any atom is 0.408 e. The predicted octanol–water partition coefficient (Wildman–Crippen LogP) is -0.107. The van der Waals surface area contributed by atoms with E-state index in [0.29, 0.717) is 0 Å². The highest BCUT2D eigenvalue weighted by molar-refractivity contribution is 5.87. The Morgan fingerprint density at radius 2 is 1.68 bits per heavy atom. The minimum atomic E-state index is -2.43. The number of carboxylic acid groups (broad SMARTS) is 2. The van der Waals surface area contributed by atoms with Crippen LogP contribution in [0.25, 0.3) is 0 Å². The van der Waals surface area contributed by atoms with Crippen LogP contribution in [0.3, 0.4) is 0 Å². The molecular formula is C12H19FN2O7. The van der Waals surface area contributed by atoms with Gasteiger partial charge in [-0.05, 0) is 20.8 Å². The first-order valence-electron chi connectivity index (χ1n) is 6.28. The monoisotopic (exact) mass is 322 g/mol. The highest BCUT2D eigenvalue weighted by atomic mass is 19.1. The van der Waals surface area contributed by atoms with Gasteiger partial charge in [-0.1, -0.05) is 0 Å². The lowest BCUT2D eigenvalue weighted by molar-refractivity contribution is -0.146. The number of hydrogen-bond acceptors (Lipinski definition) is 5. The minimum absolute atomic E-state index is 0.595. The second kappa shape index (κ2) is 8.15. The number of amides is 2. The first kappa shape index (κ1) is 19.6. The van der Waals surface area contributed by atoms with E-state index in [2.05, 4.69) is 5.32 Å². The molecule has 1 unspecified atom stereocenters. The van der Waals surface area contributed by atoms with Gasteiger partial charge in [-0.15, -0.1) is 0 Å². The summed E-state index contributed by atoms with van der Waals surface area (Å²) in [4.78, 5) is 43.9. The van der Waals surface area contributed by atoms with Crippen molar-refractivity contribution in [1.82, 2.24) is 10.6 Å². The van der Waals surface area contributed by atoms with Crippen LogP contribution in [0.5, 0.6) is 0 Å². The number of carbonyl (C=O) groups is 4. The van der Waals surface area contributed by atoms with Crippen LogP contribution in [-0.2, 0) is 19.1 Å². The molecule has 0 aliphatic carbocycles. The standard InChI is InChI=1S/C12H19FN2O7/c1-12(2,3)22-11(21)14-5-8(16)15-7(10(19)20)4-6(13)9(17)18/h6-7H,4-5H2,1-3H3,(H,14,21)(H,15,16)(H,17,18)(H,19,20)/t6?,7-/m0/s1. The summed E-state index contributed by atoms with van der Waals surface area (Å²) < 4.78 is 17.8. The van der Waals surface area contributed by atoms with Crippen LogP contribution in [0.2, 0.25) is 0 Å². The van der Waals surface area contributed by atoms with Gasteiger partial charge in [-0.3, -0.25) is 4.79 Å². The third-order valence-corrected chi connectivity index (χ3v) is 2.14. The van der Waals surface area contributed by atoms with Crippen molar-refractivity contribution in [2.45, 2.75) is 45.0 Å². The molecule has 4 N–H and O–H groups in total. The SMILES string of the molecule is CC(C)(C)OC(=O)NCC(=O)N[C@@H](CC(F)C(=O)O)C(=O)O. The number of alkyl carbamates (subject to hydrolysis) is 1. The lowest BCUT2D eigenvalue weighted by Gasteiger charge is -2.20. The summed E-state index contributed by atoms with van der Waals surface area (Å²) >= 11 is 0. The van der Waals surface area contributed by atoms with Crippen molar-refractivity contribution >= 4 is 23.9 Å². The number of hydrogen-bond donors (Lipinski definition) is 4. The molecule has 9 nitrogen and oxygen atoms in total. The molecule has 22 heavy (non-hydrogen) atoms. The molecule has 0 rings (SSSR count). The van der Waals surface area contributed by atoms with Crippen LogP contribution in [0.4, 0.5) is 9.18 Å². The second-order valence-corrected chi connectivity index (χ2v) is 5.36. The summed E-state index contributed by atoms with van der Waals surface area (Å²) in [6.45, 7) is 4.24. The van der Waals surface area contributed by atoms with Crippen molar-refractivity contribution in [3.8, 4) is 0 Å². The Morgan fingerprint density at radius 1 is 1.14 bits per heavy atom. The van der Waals surface area contributed by atoms with Crippen molar-refractivity contribution in [3.63, 3.8) is 0 Å². The molecule has 0 bridgehead atoms. The number of carboxylic acids is 2. The van der Waals surface area contributed by atoms with Crippen molar-refractivity contribution in [1.29, 1.82) is 0 Å². The fraction of sp³-hybridized carbons (Fsp3) is 0.667. The van der Waals surface area contributed by atoms with Gasteiger partial charge in [-0.25, -0.2) is 18.8 Å². The number of rotatable bonds is 7. The van der Waals surface area contributed by atoms with Crippen LogP contribution < -0.4 is 10.6 Å². The van der Waals surface area contributed by atoms with Gasteiger partial charge in [0, 0.05) is 6.42 Å². The summed E-state index contributed by atoms with van der Waals surface area (Å²) in [7, 11) is 0. The highest BCUT2D eigenvalue weighted by Gasteiger charge is 2.28. The number of aliphatic carboxylic acids is 2. The number of halogens is 1. The number of nitrogens with one attached hydrogen (secondary N) is 2. The molecule has 126 valence electrons. The third kappa shape index (κ3) is 8.72. The largest absolute Gasteiger partial charge is 0.480 e. The Hall–Kier alpha value is -2.39. The van der Waals surface area contributed by atoms with E-state index in [9.17, 15) is 23.6 Å². The fourth-order valence-electron chi connectivity index (χ4n) is 1.24. The smallest absolute Gasteiger partial charge is 0.408 e. The van der Waals surface area contributed by atoms with E-state index in [1.165, 1.54) is 0 Å². The molecule has 0 saturated heterocycles. The summed E-state index contributed by atoms with van der Waals surface area (Å²) in [5.74, 6) is -4.34. The molecule has 0 fully saturated rings. The Bertz CT molecular complexity index is 447. The number of alkyl halides is 1. The summed E-state index contributed by atoms with van der Waals surface area (Å²) in [5.41, 5.74) is -0.771. The van der Waals surface area contributed by atoms with Gasteiger partial charge in [0.1, 0.15) is 18.2 Å². The zero-order chi connectivity index (χ0) is 17.5. The van der Waals surface area contributed by atoms with Crippen molar-refractivity contribution in [2.24, 2.45) is 0 Å². The van der Waals surface area contributed by atoms with Gasteiger partial charge in [-0.2, -0.15) is 0 Å². The maximum absolute atomic E-state index is 13.0. The maximum atomic E-state index is 13.0. The van der Waals surface area contributed by atoms with Gasteiger partial charge in [0.05, 0.1) is 0 Å². The lowest BCUT2D eigenvalue weighted by Crippen LogP contribution is -2.47. The number of carbonyl (C=O) groups excluding carboxylic acids is 2. The minimum Gasteiger partial charge on any atom is -0.480 e. The normalized spacial score (nSPS) is 13.6. The molecule has 2 atom stereocenters. The molecule has 0 aromatic carbocycles. The lowest BCUT2D eigenvalue weighted by atomic mass is 10.1. The summed E-state index contributed by atoms with van der Waals surface area (Å²) in [6, 6.07) is -1.72. The van der Waals surface area contributed by atoms with Crippen LogP contribution in [-0.4, -0.2) is 58.5 Å². The summed E-state index contributed by atoms with van der Waals surface area (Å²) in [5, 5.41) is 21.2. The van der Waals surface area contributed by atoms with Crippen LogP contribution in [0.1, 0.15) is 27.2 Å². The number of ether oxygens (including phenoxy) is 1. The van der Waals surface area contributed by atoms with E-state index in [1.54, 1.807) is 20.8 Å². The zero-order valence-electron chi connectivity index (χ0n) is 12.4. The Balaban J connectivity index is 4.39. The second-order valence-electron chi connectivity index (χ2n) is 5.36. The summed E-state index contributed by atoms with van der Waals surface area (Å²) in [6.07, 6.45) is -4.24. The van der Waals surface area contributed by atoms with E-state index in [0.717, 1.165) is 0 Å². The molecule has 0 spiro atoms. The Labute approximate surface area is 125 Å². The van der Waals surface area contributed by atoms with E-state index >= 15 is 0 Å². The van der Waals surface area contributed by atoms with Gasteiger partial charge < -0.3 is 25.6 Å². The molecule has 0 aromatic rings. The highest BCUT2D eigenvalue weighted by Crippen LogP contribution is 2.06. The van der Waals surface area contributed by atoms with Gasteiger partial charge >= 0.3 is 18.0 Å². The van der Waals surface area contributed by atoms with E-state index in [4.69, 9.17) is 14.9 Å². The van der Waals surface area contributed by atoms with Gasteiger partial charge in [0.15, 0.2) is 6.17 Å². The average Bonchev–Trinajstić information content (AvgIpc) is 2.33. The molecule has 10 heteroatoms. The molecule has 0 aromatic heterocycles. The quantitative estimate of drug-likeness (QED) is 0.512. The molecule has 0 radical (unpaired) electrons. The topological polar surface area (TPSA) is 142 Å². The average molecular weight is 322 g/mol. The molecule has 0 heterocycles. The Morgan fingerprint density at radius 3 is 2.09 bits per heavy atom. The first-order valence-corrected chi connectivity index (χ1v) is 6.28. The van der Waals surface area contributed by atoms with Crippen LogP contribution in [0.15, 0.2) is 0 Å². The van der Waals surface area contributed by atoms with Crippen LogP contribution >= 0.6 is 0 Å². The zero-order valence-corrected chi connectivity index (χ0v) is 12.4. The molecule has 0 saturated carbocycles. The van der Waals surface area contributed by atoms with Gasteiger partial charge in [0.25, 0.3) is 0 Å². The van der Waals surface area contributed by atoms with Crippen LogP contribution in [0, 0.1) is 0 Å². The first-order chi connectivity index (χ1) is 9.92. The van der Waals surface area contributed by atoms with E-state index in [-0.39, 0.29) is 0 Å². The van der Waals surface area contributed by atoms with Crippen molar-refractivity contribution in [3.05, 3.63) is 0 Å². The third-order valence-electron chi connectivity index (χ3n) is 2.14. The van der Waals surface area contributed by atoms with Gasteiger partial charge in [0.2, 0.25) is 5.91 Å². The molecule has 0 aliphatic heterocycles. The Kier molecular flexibility index (Phi) is 7.26. The molecule has 0 aliphatic rings. The van der Waals surface area contributed by atoms with E-state index < -0.39 is 54.7 Å². The van der Waals surface area contributed by atoms with E-state index in [1.807, 2.05) is 5.32 Å².